The first-order chi connectivity index (χ1) is 5.52. The summed E-state index contributed by atoms with van der Waals surface area (Å²) in [5, 5.41) is 21.2. The van der Waals surface area contributed by atoms with Gasteiger partial charge in [0.1, 0.15) is 0 Å². The molecule has 0 amide bonds. The van der Waals surface area contributed by atoms with E-state index in [-0.39, 0.29) is 13.9 Å². The number of hydrogen-bond acceptors (Lipinski definition) is 3. The van der Waals surface area contributed by atoms with E-state index in [4.69, 9.17) is 0 Å². The van der Waals surface area contributed by atoms with Crippen LogP contribution in [0.25, 0.3) is 0 Å². The molecule has 1 rings (SSSR count). The van der Waals surface area contributed by atoms with E-state index in [1.165, 1.54) is 6.07 Å². The Kier molecular flexibility index (Phi) is 2.83. The van der Waals surface area contributed by atoms with E-state index in [1.54, 1.807) is 22.6 Å². The first-order valence-electron chi connectivity index (χ1n) is 2.75. The second kappa shape index (κ2) is 3.52. The Morgan fingerprint density at radius 3 is 2.75 bits per heavy atom. The van der Waals surface area contributed by atoms with Gasteiger partial charge in [-0.1, -0.05) is 0 Å². The Balaban J connectivity index is 3.33. The molecule has 0 aliphatic carbocycles. The highest BCUT2D eigenvalue weighted by Gasteiger charge is 2.17. The van der Waals surface area contributed by atoms with Crippen molar-refractivity contribution in [3.05, 3.63) is 35.8 Å². The molecule has 1 aromatic rings. The van der Waals surface area contributed by atoms with Crippen LogP contribution in [0.1, 0.15) is 0 Å². The van der Waals surface area contributed by atoms with Gasteiger partial charge in [0.05, 0.1) is 11.0 Å². The van der Waals surface area contributed by atoms with Crippen LogP contribution in [0.2, 0.25) is 0 Å². The van der Waals surface area contributed by atoms with Crippen LogP contribution in [0, 0.1) is 19.0 Å². The zero-order valence-electron chi connectivity index (χ0n) is 5.53. The van der Waals surface area contributed by atoms with Crippen LogP contribution in [0.3, 0.4) is 0 Å². The number of pyridine rings is 1. The molecule has 12 heavy (non-hydrogen) atoms. The minimum absolute atomic E-state index is 0.105. The first kappa shape index (κ1) is 9.65. The van der Waals surface area contributed by atoms with Crippen LogP contribution in [0.4, 0.5) is 5.69 Å². The standard InChI is InChI=1S/C5H2BrIN2O3/c6-3-2-8(10)5(7)1-4(3)9(11)12/h1-2H. The van der Waals surface area contributed by atoms with Crippen molar-refractivity contribution in [2.75, 3.05) is 0 Å². The molecule has 0 atom stereocenters. The van der Waals surface area contributed by atoms with Gasteiger partial charge in [-0.15, -0.1) is 0 Å². The molecule has 0 N–H and O–H groups in total. The van der Waals surface area contributed by atoms with E-state index in [0.717, 1.165) is 6.20 Å². The van der Waals surface area contributed by atoms with Crippen molar-refractivity contribution in [1.29, 1.82) is 0 Å². The molecule has 0 spiro atoms. The maximum Gasteiger partial charge on any atom is 0.296 e. The molecular formula is C5H2BrIN2O3. The van der Waals surface area contributed by atoms with Gasteiger partial charge in [0.15, 0.2) is 4.47 Å². The SMILES string of the molecule is O=[N+]([O-])c1cc(I)[n+]([O-])cc1Br. The van der Waals surface area contributed by atoms with E-state index < -0.39 is 4.92 Å². The van der Waals surface area contributed by atoms with Crippen LogP contribution in [0.15, 0.2) is 16.7 Å². The van der Waals surface area contributed by atoms with Crippen molar-refractivity contribution in [3.63, 3.8) is 0 Å². The largest absolute Gasteiger partial charge is 0.618 e. The van der Waals surface area contributed by atoms with E-state index in [2.05, 4.69) is 15.9 Å². The molecule has 0 fully saturated rings. The van der Waals surface area contributed by atoms with Crippen molar-refractivity contribution < 1.29 is 9.65 Å². The molecule has 0 aliphatic heterocycles. The lowest BCUT2D eigenvalue weighted by Gasteiger charge is -1.99. The minimum Gasteiger partial charge on any atom is -0.618 e. The number of hydrogen-bond donors (Lipinski definition) is 0. The molecule has 1 heterocycles. The normalized spacial score (nSPS) is 9.83. The molecule has 0 unspecified atom stereocenters. The fourth-order valence-corrected chi connectivity index (χ4v) is 1.50. The topological polar surface area (TPSA) is 70.1 Å². The average Bonchev–Trinajstić information content (AvgIpc) is 1.96. The summed E-state index contributed by atoms with van der Waals surface area (Å²) in [6.07, 6.45) is 1.11. The summed E-state index contributed by atoms with van der Waals surface area (Å²) < 4.78 is 1.00. The zero-order chi connectivity index (χ0) is 9.30. The van der Waals surface area contributed by atoms with Crippen molar-refractivity contribution in [2.45, 2.75) is 0 Å². The molecule has 0 aromatic carbocycles. The van der Waals surface area contributed by atoms with Gasteiger partial charge in [0.25, 0.3) is 9.39 Å². The first-order valence-corrected chi connectivity index (χ1v) is 4.62. The van der Waals surface area contributed by atoms with Crippen LogP contribution in [-0.4, -0.2) is 4.92 Å². The lowest BCUT2D eigenvalue weighted by molar-refractivity contribution is -0.620. The zero-order valence-corrected chi connectivity index (χ0v) is 9.27. The van der Waals surface area contributed by atoms with Gasteiger partial charge >= 0.3 is 0 Å². The van der Waals surface area contributed by atoms with Gasteiger partial charge in [0, 0.05) is 22.6 Å². The average molecular weight is 345 g/mol. The Labute approximate surface area is 89.4 Å². The summed E-state index contributed by atoms with van der Waals surface area (Å²) in [5.41, 5.74) is -0.105. The Bertz CT molecular complexity index is 344. The van der Waals surface area contributed by atoms with Gasteiger partial charge in [-0.25, -0.2) is 0 Å². The smallest absolute Gasteiger partial charge is 0.296 e. The van der Waals surface area contributed by atoms with Crippen molar-refractivity contribution in [1.82, 2.24) is 0 Å². The molecule has 0 saturated heterocycles. The third-order valence-corrected chi connectivity index (χ3v) is 2.54. The summed E-state index contributed by atoms with van der Waals surface area (Å²) in [5.74, 6) is 0. The highest BCUT2D eigenvalue weighted by Crippen LogP contribution is 2.23. The highest BCUT2D eigenvalue weighted by atomic mass is 127. The quantitative estimate of drug-likeness (QED) is 0.194. The summed E-state index contributed by atoms with van der Waals surface area (Å²) in [6, 6.07) is 1.21. The summed E-state index contributed by atoms with van der Waals surface area (Å²) in [7, 11) is 0. The summed E-state index contributed by atoms with van der Waals surface area (Å²) in [6.45, 7) is 0. The molecule has 64 valence electrons. The number of nitro groups is 1. The molecule has 7 heteroatoms. The lowest BCUT2D eigenvalue weighted by atomic mass is 10.4. The fraction of sp³-hybridized carbons (Fsp3) is 0. The van der Waals surface area contributed by atoms with Gasteiger partial charge in [-0.05, 0) is 15.9 Å². The Morgan fingerprint density at radius 2 is 2.25 bits per heavy atom. The van der Waals surface area contributed by atoms with Gasteiger partial charge < -0.3 is 5.21 Å². The lowest BCUT2D eigenvalue weighted by Crippen LogP contribution is -2.29. The summed E-state index contributed by atoms with van der Waals surface area (Å²) in [4.78, 5) is 9.80. The van der Waals surface area contributed by atoms with Crippen LogP contribution < -0.4 is 4.73 Å². The van der Waals surface area contributed by atoms with Gasteiger partial charge in [-0.3, -0.25) is 10.1 Å². The van der Waals surface area contributed by atoms with Gasteiger partial charge in [0.2, 0.25) is 6.20 Å². The third kappa shape index (κ3) is 1.83. The number of aromatic nitrogens is 1. The predicted molar refractivity (Wildman–Crippen MR) is 52.5 cm³/mol. The Morgan fingerprint density at radius 1 is 1.67 bits per heavy atom. The third-order valence-electron chi connectivity index (χ3n) is 1.14. The highest BCUT2D eigenvalue weighted by molar-refractivity contribution is 14.1. The van der Waals surface area contributed by atoms with Crippen molar-refractivity contribution in [2.24, 2.45) is 0 Å². The molecule has 5 nitrogen and oxygen atoms in total. The Hall–Kier alpha value is -0.440. The second-order valence-corrected chi connectivity index (χ2v) is 3.87. The van der Waals surface area contributed by atoms with Crippen molar-refractivity contribution in [3.8, 4) is 0 Å². The molecule has 1 aromatic heterocycles. The summed E-state index contributed by atoms with van der Waals surface area (Å²) >= 11 is 4.64. The van der Waals surface area contributed by atoms with E-state index in [9.17, 15) is 15.3 Å². The number of nitrogens with zero attached hydrogens (tertiary/aromatic N) is 2. The second-order valence-electron chi connectivity index (χ2n) is 1.91. The van der Waals surface area contributed by atoms with Crippen LogP contribution >= 0.6 is 38.5 Å². The molecule has 0 saturated carbocycles. The molecule has 0 radical (unpaired) electrons. The maximum absolute atomic E-state index is 10.9. The molecular weight excluding hydrogens is 343 g/mol. The fourth-order valence-electron chi connectivity index (χ4n) is 0.616. The molecule has 0 bridgehead atoms. The number of halogens is 2. The van der Waals surface area contributed by atoms with Crippen LogP contribution in [0.5, 0.6) is 0 Å². The van der Waals surface area contributed by atoms with Crippen molar-refractivity contribution >= 4 is 44.2 Å². The number of rotatable bonds is 1. The van der Waals surface area contributed by atoms with E-state index >= 15 is 0 Å². The van der Waals surface area contributed by atoms with E-state index in [0.29, 0.717) is 4.73 Å². The van der Waals surface area contributed by atoms with Crippen LogP contribution in [-0.2, 0) is 0 Å². The predicted octanol–water partition coefficient (Wildman–Crippen LogP) is 1.60. The minimum atomic E-state index is -0.549. The maximum atomic E-state index is 10.9. The van der Waals surface area contributed by atoms with Gasteiger partial charge in [-0.2, -0.15) is 4.73 Å². The van der Waals surface area contributed by atoms with E-state index in [1.807, 2.05) is 0 Å². The molecule has 0 aliphatic rings. The monoisotopic (exact) mass is 344 g/mol.